The first-order chi connectivity index (χ1) is 9.28. The molecule has 2 nitrogen and oxygen atoms in total. The van der Waals surface area contributed by atoms with Gasteiger partial charge in [-0.2, -0.15) is 0 Å². The molecule has 1 fully saturated rings. The molecule has 0 aliphatic carbocycles. The third-order valence-corrected chi connectivity index (χ3v) is 5.48. The van der Waals surface area contributed by atoms with Gasteiger partial charge in [0.25, 0.3) is 0 Å². The first-order valence-corrected chi connectivity index (χ1v) is 8.64. The summed E-state index contributed by atoms with van der Waals surface area (Å²) in [6, 6.07) is 9.17. The van der Waals surface area contributed by atoms with Gasteiger partial charge in [-0.15, -0.1) is 11.3 Å². The van der Waals surface area contributed by atoms with Crippen LogP contribution in [0.5, 0.6) is 0 Å². The zero-order chi connectivity index (χ0) is 13.2. The first-order valence-electron chi connectivity index (χ1n) is 6.64. The highest BCUT2D eigenvalue weighted by Crippen LogP contribution is 2.28. The second-order valence-electron chi connectivity index (χ2n) is 5.15. The molecule has 0 N–H and O–H groups in total. The molecule has 3 rings (SSSR count). The fraction of sp³-hybridized carbons (Fsp3) is 0.467. The molecule has 19 heavy (non-hydrogen) atoms. The molecule has 102 valence electrons. The summed E-state index contributed by atoms with van der Waals surface area (Å²) >= 11 is 5.37. The van der Waals surface area contributed by atoms with Gasteiger partial charge in [-0.25, -0.2) is 0 Å². The summed E-state index contributed by atoms with van der Waals surface area (Å²) in [4.78, 5) is 2.53. The van der Waals surface area contributed by atoms with Crippen LogP contribution in [0.1, 0.15) is 12.5 Å². The Morgan fingerprint density at radius 2 is 2.26 bits per heavy atom. The molecule has 1 saturated heterocycles. The molecule has 2 aromatic rings. The number of hydrogen-bond donors (Lipinski definition) is 0. The van der Waals surface area contributed by atoms with E-state index < -0.39 is 0 Å². The molecule has 0 spiro atoms. The number of hydrogen-bond acceptors (Lipinski definition) is 3. The largest absolute Gasteiger partial charge is 0.374 e. The third-order valence-electron chi connectivity index (χ3n) is 3.74. The van der Waals surface area contributed by atoms with Crippen LogP contribution in [0.3, 0.4) is 0 Å². The summed E-state index contributed by atoms with van der Waals surface area (Å²) < 4.78 is 7.18. The topological polar surface area (TPSA) is 12.5 Å². The molecule has 1 aliphatic rings. The smallest absolute Gasteiger partial charge is 0.0799 e. The summed E-state index contributed by atoms with van der Waals surface area (Å²) in [5, 5.41) is 4.62. The van der Waals surface area contributed by atoms with E-state index in [1.807, 2.05) is 11.3 Å². The number of rotatable bonds is 3. The van der Waals surface area contributed by atoms with Crippen LogP contribution < -0.4 is 0 Å². The molecule has 0 amide bonds. The summed E-state index contributed by atoms with van der Waals surface area (Å²) in [6.07, 6.45) is 0.320. The van der Waals surface area contributed by atoms with Gasteiger partial charge in [0.1, 0.15) is 0 Å². The van der Waals surface area contributed by atoms with Gasteiger partial charge in [-0.05, 0) is 29.3 Å². The van der Waals surface area contributed by atoms with Gasteiger partial charge in [0.15, 0.2) is 0 Å². The maximum atomic E-state index is 5.79. The van der Waals surface area contributed by atoms with Crippen LogP contribution in [0.15, 0.2) is 29.6 Å². The van der Waals surface area contributed by atoms with Crippen LogP contribution in [0.4, 0.5) is 0 Å². The number of ether oxygens (including phenoxy) is 1. The van der Waals surface area contributed by atoms with E-state index in [-0.39, 0.29) is 0 Å². The molecule has 2 atom stereocenters. The van der Waals surface area contributed by atoms with Gasteiger partial charge in [0.2, 0.25) is 0 Å². The van der Waals surface area contributed by atoms with E-state index in [0.29, 0.717) is 12.1 Å². The van der Waals surface area contributed by atoms with Crippen LogP contribution in [-0.2, 0) is 11.3 Å². The van der Waals surface area contributed by atoms with Gasteiger partial charge in [0, 0.05) is 29.2 Å². The van der Waals surface area contributed by atoms with E-state index in [0.717, 1.165) is 25.0 Å². The number of alkyl halides is 1. The fourth-order valence-electron chi connectivity index (χ4n) is 2.56. The van der Waals surface area contributed by atoms with Gasteiger partial charge in [-0.1, -0.05) is 34.1 Å². The first kappa shape index (κ1) is 13.6. The van der Waals surface area contributed by atoms with Crippen LogP contribution in [-0.4, -0.2) is 35.5 Å². The minimum Gasteiger partial charge on any atom is -0.374 e. The number of fused-ring (bicyclic) bond motifs is 1. The average Bonchev–Trinajstić information content (AvgIpc) is 2.85. The molecule has 1 aromatic carbocycles. The quantitative estimate of drug-likeness (QED) is 0.786. The van der Waals surface area contributed by atoms with E-state index in [4.69, 9.17) is 4.74 Å². The van der Waals surface area contributed by atoms with E-state index in [2.05, 4.69) is 57.4 Å². The molecule has 4 heteroatoms. The van der Waals surface area contributed by atoms with Crippen molar-refractivity contribution in [2.75, 3.05) is 18.5 Å². The Balaban J connectivity index is 1.80. The molecule has 2 heterocycles. The fourth-order valence-corrected chi connectivity index (χ4v) is 3.91. The van der Waals surface area contributed by atoms with Gasteiger partial charge < -0.3 is 4.74 Å². The van der Waals surface area contributed by atoms with Gasteiger partial charge in [0.05, 0.1) is 12.7 Å². The molecular formula is C15H18BrNOS. The lowest BCUT2D eigenvalue weighted by atomic mass is 10.1. The van der Waals surface area contributed by atoms with Crippen molar-refractivity contribution in [3.63, 3.8) is 0 Å². The average molecular weight is 340 g/mol. The summed E-state index contributed by atoms with van der Waals surface area (Å²) in [5.74, 6) is 0. The number of halogens is 1. The van der Waals surface area contributed by atoms with Crippen molar-refractivity contribution in [3.05, 3.63) is 35.2 Å². The zero-order valence-electron chi connectivity index (χ0n) is 11.0. The maximum absolute atomic E-state index is 5.79. The molecular weight excluding hydrogens is 322 g/mol. The van der Waals surface area contributed by atoms with E-state index >= 15 is 0 Å². The summed E-state index contributed by atoms with van der Waals surface area (Å²) in [6.45, 7) is 5.12. The molecule has 2 unspecified atom stereocenters. The standard InChI is InChI=1S/C15H18BrNOS/c1-11-9-18-13(6-16)8-17(11)7-12-10-19-15-5-3-2-4-14(12)15/h2-5,10-11,13H,6-9H2,1H3. The summed E-state index contributed by atoms with van der Waals surface area (Å²) in [7, 11) is 0. The van der Waals surface area contributed by atoms with Gasteiger partial charge in [-0.3, -0.25) is 4.90 Å². The number of nitrogens with zero attached hydrogens (tertiary/aromatic N) is 1. The van der Waals surface area contributed by atoms with Crippen molar-refractivity contribution in [1.82, 2.24) is 4.90 Å². The van der Waals surface area contributed by atoms with Crippen LogP contribution in [0, 0.1) is 0 Å². The summed E-state index contributed by atoms with van der Waals surface area (Å²) in [5.41, 5.74) is 1.45. The second kappa shape index (κ2) is 5.92. The SMILES string of the molecule is CC1COC(CBr)CN1Cc1csc2ccccc12. The molecule has 0 saturated carbocycles. The van der Waals surface area contributed by atoms with Crippen molar-refractivity contribution in [1.29, 1.82) is 0 Å². The number of thiophene rings is 1. The second-order valence-corrected chi connectivity index (χ2v) is 6.70. The number of morpholine rings is 1. The minimum absolute atomic E-state index is 0.320. The normalized spacial score (nSPS) is 24.9. The lowest BCUT2D eigenvalue weighted by Crippen LogP contribution is -2.48. The Bertz CT molecular complexity index is 556. The van der Waals surface area contributed by atoms with Crippen molar-refractivity contribution in [3.8, 4) is 0 Å². The monoisotopic (exact) mass is 339 g/mol. The van der Waals surface area contributed by atoms with Crippen LogP contribution in [0.2, 0.25) is 0 Å². The third kappa shape index (κ3) is 2.87. The predicted octanol–water partition coefficient (Wildman–Crippen LogP) is 3.89. The van der Waals surface area contributed by atoms with Gasteiger partial charge >= 0.3 is 0 Å². The molecule has 0 bridgehead atoms. The highest BCUT2D eigenvalue weighted by Gasteiger charge is 2.25. The Labute approximate surface area is 126 Å². The van der Waals surface area contributed by atoms with Crippen LogP contribution in [0.25, 0.3) is 10.1 Å². The molecule has 1 aromatic heterocycles. The van der Waals surface area contributed by atoms with Crippen molar-refractivity contribution in [2.24, 2.45) is 0 Å². The van der Waals surface area contributed by atoms with E-state index in [1.165, 1.54) is 15.6 Å². The Morgan fingerprint density at radius 1 is 1.42 bits per heavy atom. The lowest BCUT2D eigenvalue weighted by Gasteiger charge is -2.37. The highest BCUT2D eigenvalue weighted by atomic mass is 79.9. The van der Waals surface area contributed by atoms with Crippen molar-refractivity contribution >= 4 is 37.4 Å². The Kier molecular flexibility index (Phi) is 4.22. The molecule has 0 radical (unpaired) electrons. The van der Waals surface area contributed by atoms with Crippen molar-refractivity contribution < 1.29 is 4.74 Å². The Morgan fingerprint density at radius 3 is 3.11 bits per heavy atom. The Hall–Kier alpha value is -0.420. The van der Waals surface area contributed by atoms with Crippen molar-refractivity contribution in [2.45, 2.75) is 25.6 Å². The lowest BCUT2D eigenvalue weighted by molar-refractivity contribution is -0.0498. The van der Waals surface area contributed by atoms with E-state index in [1.54, 1.807) is 0 Å². The minimum atomic E-state index is 0.320. The van der Waals surface area contributed by atoms with E-state index in [9.17, 15) is 0 Å². The highest BCUT2D eigenvalue weighted by molar-refractivity contribution is 9.09. The maximum Gasteiger partial charge on any atom is 0.0799 e. The molecule has 1 aliphatic heterocycles. The number of benzene rings is 1. The predicted molar refractivity (Wildman–Crippen MR) is 85.2 cm³/mol. The zero-order valence-corrected chi connectivity index (χ0v) is 13.4. The van der Waals surface area contributed by atoms with Crippen LogP contribution >= 0.6 is 27.3 Å².